The van der Waals surface area contributed by atoms with E-state index in [1.165, 1.54) is 19.3 Å². The molecule has 4 heteroatoms. The molecule has 0 aromatic heterocycles. The number of amides is 1. The first-order valence-corrected chi connectivity index (χ1v) is 6.69. The van der Waals surface area contributed by atoms with Crippen molar-refractivity contribution in [3.05, 3.63) is 0 Å². The summed E-state index contributed by atoms with van der Waals surface area (Å²) in [6.45, 7) is 5.84. The summed E-state index contributed by atoms with van der Waals surface area (Å²) in [5, 5.41) is 3.48. The summed E-state index contributed by atoms with van der Waals surface area (Å²) in [4.78, 5) is 14.1. The zero-order valence-corrected chi connectivity index (χ0v) is 11.0. The van der Waals surface area contributed by atoms with Crippen molar-refractivity contribution < 1.29 is 9.53 Å². The molecule has 2 unspecified atom stereocenters. The highest BCUT2D eigenvalue weighted by Gasteiger charge is 2.38. The molecular weight excluding hydrogens is 216 g/mol. The summed E-state index contributed by atoms with van der Waals surface area (Å²) in [5.74, 6) is 0.150. The Morgan fingerprint density at radius 1 is 1.41 bits per heavy atom. The summed E-state index contributed by atoms with van der Waals surface area (Å²) in [7, 11) is 1.60. The van der Waals surface area contributed by atoms with E-state index < -0.39 is 0 Å². The van der Waals surface area contributed by atoms with Gasteiger partial charge in [0.25, 0.3) is 5.91 Å². The quantitative estimate of drug-likeness (QED) is 0.783. The minimum Gasteiger partial charge on any atom is -0.372 e. The van der Waals surface area contributed by atoms with Crippen LogP contribution < -0.4 is 5.32 Å². The zero-order chi connectivity index (χ0) is 12.3. The van der Waals surface area contributed by atoms with Crippen LogP contribution in [0.4, 0.5) is 0 Å². The fourth-order valence-corrected chi connectivity index (χ4v) is 3.13. The summed E-state index contributed by atoms with van der Waals surface area (Å²) in [5.41, 5.74) is 0.333. The average molecular weight is 240 g/mol. The van der Waals surface area contributed by atoms with Gasteiger partial charge in [-0.2, -0.15) is 0 Å². The average Bonchev–Trinajstić information content (AvgIpc) is 2.38. The Labute approximate surface area is 104 Å². The lowest BCUT2D eigenvalue weighted by molar-refractivity contribution is -0.144. The number of nitrogens with one attached hydrogen (secondary N) is 1. The van der Waals surface area contributed by atoms with Crippen LogP contribution in [0.2, 0.25) is 0 Å². The molecule has 17 heavy (non-hydrogen) atoms. The Morgan fingerprint density at radius 2 is 2.18 bits per heavy atom. The van der Waals surface area contributed by atoms with Gasteiger partial charge in [0.2, 0.25) is 0 Å². The van der Waals surface area contributed by atoms with Crippen molar-refractivity contribution in [2.24, 2.45) is 5.41 Å². The van der Waals surface area contributed by atoms with Gasteiger partial charge in [0, 0.05) is 32.2 Å². The number of carbonyl (C=O) groups excluding carboxylic acids is 1. The summed E-state index contributed by atoms with van der Waals surface area (Å²) >= 11 is 0. The fourth-order valence-electron chi connectivity index (χ4n) is 3.13. The van der Waals surface area contributed by atoms with E-state index in [1.54, 1.807) is 7.11 Å². The van der Waals surface area contributed by atoms with E-state index in [2.05, 4.69) is 5.32 Å². The number of rotatable bonds is 2. The molecule has 2 fully saturated rings. The maximum Gasteiger partial charge on any atom is 0.251 e. The van der Waals surface area contributed by atoms with E-state index in [0.717, 1.165) is 32.6 Å². The van der Waals surface area contributed by atoms with Gasteiger partial charge in [0.15, 0.2) is 0 Å². The van der Waals surface area contributed by atoms with Crippen molar-refractivity contribution in [1.29, 1.82) is 0 Å². The van der Waals surface area contributed by atoms with E-state index in [1.807, 2.05) is 11.8 Å². The second-order valence-electron chi connectivity index (χ2n) is 5.52. The molecule has 0 aromatic carbocycles. The topological polar surface area (TPSA) is 41.6 Å². The maximum absolute atomic E-state index is 12.1. The lowest BCUT2D eigenvalue weighted by Crippen LogP contribution is -2.54. The lowest BCUT2D eigenvalue weighted by atomic mass is 9.74. The molecule has 2 saturated heterocycles. The maximum atomic E-state index is 12.1. The van der Waals surface area contributed by atoms with E-state index in [-0.39, 0.29) is 12.0 Å². The molecule has 1 amide bonds. The number of hydrogen-bond acceptors (Lipinski definition) is 3. The molecule has 0 bridgehead atoms. The zero-order valence-electron chi connectivity index (χ0n) is 11.0. The predicted octanol–water partition coefficient (Wildman–Crippen LogP) is 1.01. The van der Waals surface area contributed by atoms with E-state index in [9.17, 15) is 4.79 Å². The minimum absolute atomic E-state index is 0.150. The van der Waals surface area contributed by atoms with Crippen molar-refractivity contribution in [2.45, 2.75) is 38.7 Å². The van der Waals surface area contributed by atoms with Gasteiger partial charge in [0.05, 0.1) is 0 Å². The second kappa shape index (κ2) is 5.36. The van der Waals surface area contributed by atoms with E-state index >= 15 is 0 Å². The molecule has 4 nitrogen and oxygen atoms in total. The van der Waals surface area contributed by atoms with Crippen molar-refractivity contribution >= 4 is 5.91 Å². The molecule has 2 aliphatic rings. The predicted molar refractivity (Wildman–Crippen MR) is 66.8 cm³/mol. The van der Waals surface area contributed by atoms with Gasteiger partial charge >= 0.3 is 0 Å². The Balaban J connectivity index is 1.98. The Morgan fingerprint density at radius 3 is 2.82 bits per heavy atom. The third-order valence-electron chi connectivity index (χ3n) is 4.24. The van der Waals surface area contributed by atoms with Crippen LogP contribution >= 0.6 is 0 Å². The van der Waals surface area contributed by atoms with E-state index in [0.29, 0.717) is 5.41 Å². The van der Waals surface area contributed by atoms with Crippen LogP contribution in [0.3, 0.4) is 0 Å². The van der Waals surface area contributed by atoms with Gasteiger partial charge in [-0.25, -0.2) is 0 Å². The first kappa shape index (κ1) is 12.8. The van der Waals surface area contributed by atoms with Crippen LogP contribution in [0.15, 0.2) is 0 Å². The SMILES string of the molecule is COC(C)C(=O)N1CCCC2(CCCNC2)C1. The summed E-state index contributed by atoms with van der Waals surface area (Å²) in [6, 6.07) is 0. The first-order chi connectivity index (χ1) is 8.17. The van der Waals surface area contributed by atoms with Crippen LogP contribution in [-0.2, 0) is 9.53 Å². The van der Waals surface area contributed by atoms with Crippen molar-refractivity contribution in [3.63, 3.8) is 0 Å². The number of ether oxygens (including phenoxy) is 1. The van der Waals surface area contributed by atoms with Crippen LogP contribution in [0, 0.1) is 5.41 Å². The number of nitrogens with zero attached hydrogens (tertiary/aromatic N) is 1. The molecule has 1 spiro atoms. The summed E-state index contributed by atoms with van der Waals surface area (Å²) in [6.07, 6.45) is 4.57. The molecular formula is C13H24N2O2. The largest absolute Gasteiger partial charge is 0.372 e. The minimum atomic E-state index is -0.304. The second-order valence-corrected chi connectivity index (χ2v) is 5.52. The molecule has 0 radical (unpaired) electrons. The third kappa shape index (κ3) is 2.80. The van der Waals surface area contributed by atoms with Crippen LogP contribution in [0.1, 0.15) is 32.6 Å². The molecule has 1 N–H and O–H groups in total. The molecule has 98 valence electrons. The number of carbonyl (C=O) groups is 1. The smallest absolute Gasteiger partial charge is 0.251 e. The Bertz CT molecular complexity index is 269. The Kier molecular flexibility index (Phi) is 4.05. The molecule has 2 atom stereocenters. The normalized spacial score (nSPS) is 31.5. The monoisotopic (exact) mass is 240 g/mol. The standard InChI is InChI=1S/C13H24N2O2/c1-11(17-2)12(16)15-8-4-6-13(10-15)5-3-7-14-9-13/h11,14H,3-10H2,1-2H3. The number of likely N-dealkylation sites (tertiary alicyclic amines) is 1. The first-order valence-electron chi connectivity index (χ1n) is 6.69. The van der Waals surface area contributed by atoms with Crippen LogP contribution in [-0.4, -0.2) is 50.2 Å². The van der Waals surface area contributed by atoms with Crippen molar-refractivity contribution in [1.82, 2.24) is 10.2 Å². The van der Waals surface area contributed by atoms with Crippen molar-refractivity contribution in [2.75, 3.05) is 33.3 Å². The van der Waals surface area contributed by atoms with Gasteiger partial charge in [0.1, 0.15) is 6.10 Å². The molecule has 0 aromatic rings. The lowest BCUT2D eigenvalue weighted by Gasteiger charge is -2.45. The molecule has 2 heterocycles. The molecule has 2 aliphatic heterocycles. The fraction of sp³-hybridized carbons (Fsp3) is 0.923. The highest BCUT2D eigenvalue weighted by Crippen LogP contribution is 2.36. The number of methoxy groups -OCH3 is 1. The Hall–Kier alpha value is -0.610. The van der Waals surface area contributed by atoms with Crippen molar-refractivity contribution in [3.8, 4) is 0 Å². The van der Waals surface area contributed by atoms with Crippen LogP contribution in [0.5, 0.6) is 0 Å². The number of hydrogen-bond donors (Lipinski definition) is 1. The summed E-state index contributed by atoms with van der Waals surface area (Å²) < 4.78 is 5.13. The highest BCUT2D eigenvalue weighted by molar-refractivity contribution is 5.80. The van der Waals surface area contributed by atoms with Gasteiger partial charge in [-0.15, -0.1) is 0 Å². The van der Waals surface area contributed by atoms with Gasteiger partial charge in [-0.1, -0.05) is 0 Å². The molecule has 0 saturated carbocycles. The third-order valence-corrected chi connectivity index (χ3v) is 4.24. The van der Waals surface area contributed by atoms with Gasteiger partial charge in [-0.3, -0.25) is 4.79 Å². The van der Waals surface area contributed by atoms with Gasteiger partial charge in [-0.05, 0) is 39.2 Å². The van der Waals surface area contributed by atoms with Crippen LogP contribution in [0.25, 0.3) is 0 Å². The molecule has 2 rings (SSSR count). The van der Waals surface area contributed by atoms with E-state index in [4.69, 9.17) is 4.74 Å². The highest BCUT2D eigenvalue weighted by atomic mass is 16.5. The molecule has 0 aliphatic carbocycles. The van der Waals surface area contributed by atoms with Gasteiger partial charge < -0.3 is 15.0 Å². The number of piperidine rings is 2.